The van der Waals surface area contributed by atoms with Gasteiger partial charge in [0.1, 0.15) is 5.78 Å². The first-order valence-corrected chi connectivity index (χ1v) is 7.30. The molecule has 0 atom stereocenters. The molecule has 0 N–H and O–H groups in total. The number of hydrogen-bond donors (Lipinski definition) is 0. The highest BCUT2D eigenvalue weighted by molar-refractivity contribution is 5.95. The molecule has 0 amide bonds. The van der Waals surface area contributed by atoms with Gasteiger partial charge in [-0.25, -0.2) is 0 Å². The van der Waals surface area contributed by atoms with Crippen molar-refractivity contribution in [3.8, 4) is 0 Å². The number of ether oxygens (including phenoxy) is 1. The normalized spacial score (nSPS) is 10.8. The molecule has 0 bridgehead atoms. The number of benzene rings is 1. The van der Waals surface area contributed by atoms with Crippen molar-refractivity contribution < 1.29 is 14.3 Å². The number of rotatable bonds is 10. The smallest absolute Gasteiger partial charge is 0.162 e. The van der Waals surface area contributed by atoms with E-state index in [2.05, 4.69) is 0 Å². The minimum Gasteiger partial charge on any atom is -0.381 e. The third-order valence-corrected chi connectivity index (χ3v) is 3.14. The van der Waals surface area contributed by atoms with Gasteiger partial charge in [-0.3, -0.25) is 9.59 Å². The van der Waals surface area contributed by atoms with Crippen LogP contribution >= 0.6 is 0 Å². The predicted octanol–water partition coefficient (Wildman–Crippen LogP) is 3.67. The van der Waals surface area contributed by atoms with Crippen LogP contribution in [0.5, 0.6) is 0 Å². The Kier molecular flexibility index (Phi) is 7.81. The maximum Gasteiger partial charge on any atom is 0.162 e. The predicted molar refractivity (Wildman–Crippen MR) is 79.9 cm³/mol. The van der Waals surface area contributed by atoms with E-state index in [1.807, 2.05) is 44.2 Å². The quantitative estimate of drug-likeness (QED) is 0.484. The molecular weight excluding hydrogens is 252 g/mol. The van der Waals surface area contributed by atoms with E-state index in [1.165, 1.54) is 0 Å². The second-order valence-corrected chi connectivity index (χ2v) is 5.23. The van der Waals surface area contributed by atoms with E-state index in [9.17, 15) is 9.59 Å². The van der Waals surface area contributed by atoms with Crippen LogP contribution in [-0.4, -0.2) is 24.8 Å². The van der Waals surface area contributed by atoms with Crippen LogP contribution in [-0.2, 0) is 9.53 Å². The molecule has 110 valence electrons. The molecule has 0 aliphatic rings. The van der Waals surface area contributed by atoms with E-state index in [-0.39, 0.29) is 17.5 Å². The average molecular weight is 276 g/mol. The summed E-state index contributed by atoms with van der Waals surface area (Å²) in [6, 6.07) is 9.31. The summed E-state index contributed by atoms with van der Waals surface area (Å²) in [6.45, 7) is 5.00. The van der Waals surface area contributed by atoms with Crippen LogP contribution < -0.4 is 0 Å². The Labute approximate surface area is 121 Å². The van der Waals surface area contributed by atoms with Crippen LogP contribution in [0.25, 0.3) is 0 Å². The van der Waals surface area contributed by atoms with Crippen molar-refractivity contribution in [3.63, 3.8) is 0 Å². The molecule has 0 fully saturated rings. The van der Waals surface area contributed by atoms with Gasteiger partial charge in [0.25, 0.3) is 0 Å². The molecule has 1 aromatic rings. The third kappa shape index (κ3) is 6.62. The lowest BCUT2D eigenvalue weighted by Crippen LogP contribution is -2.08. The van der Waals surface area contributed by atoms with Gasteiger partial charge in [0, 0.05) is 37.5 Å². The van der Waals surface area contributed by atoms with Gasteiger partial charge in [-0.05, 0) is 12.8 Å². The van der Waals surface area contributed by atoms with Crippen molar-refractivity contribution in [1.82, 2.24) is 0 Å². The maximum absolute atomic E-state index is 11.8. The zero-order valence-electron chi connectivity index (χ0n) is 12.4. The second kappa shape index (κ2) is 9.43. The molecule has 0 aliphatic carbocycles. The van der Waals surface area contributed by atoms with Crippen molar-refractivity contribution in [2.75, 3.05) is 13.2 Å². The maximum atomic E-state index is 11.8. The summed E-state index contributed by atoms with van der Waals surface area (Å²) < 4.78 is 5.45. The zero-order valence-corrected chi connectivity index (χ0v) is 12.4. The fourth-order valence-corrected chi connectivity index (χ4v) is 1.84. The molecule has 0 aliphatic heterocycles. The van der Waals surface area contributed by atoms with E-state index < -0.39 is 0 Å². The Morgan fingerprint density at radius 3 is 2.20 bits per heavy atom. The van der Waals surface area contributed by atoms with Crippen molar-refractivity contribution >= 4 is 11.6 Å². The van der Waals surface area contributed by atoms with E-state index in [0.29, 0.717) is 26.1 Å². The first-order valence-electron chi connectivity index (χ1n) is 7.30. The lowest BCUT2D eigenvalue weighted by Gasteiger charge is -2.05. The minimum absolute atomic E-state index is 0.110. The number of carbonyl (C=O) groups excluding carboxylic acids is 2. The Balaban J connectivity index is 2.03. The Morgan fingerprint density at radius 1 is 1.00 bits per heavy atom. The van der Waals surface area contributed by atoms with Gasteiger partial charge < -0.3 is 4.74 Å². The van der Waals surface area contributed by atoms with Gasteiger partial charge in [-0.2, -0.15) is 0 Å². The average Bonchev–Trinajstić information content (AvgIpc) is 2.46. The molecule has 3 nitrogen and oxygen atoms in total. The molecule has 1 rings (SSSR count). The van der Waals surface area contributed by atoms with Gasteiger partial charge in [-0.15, -0.1) is 0 Å². The van der Waals surface area contributed by atoms with E-state index in [0.717, 1.165) is 18.4 Å². The first-order chi connectivity index (χ1) is 9.61. The molecule has 20 heavy (non-hydrogen) atoms. The third-order valence-electron chi connectivity index (χ3n) is 3.14. The van der Waals surface area contributed by atoms with E-state index in [1.54, 1.807) is 0 Å². The fraction of sp³-hybridized carbons (Fsp3) is 0.529. The Bertz CT molecular complexity index is 410. The minimum atomic E-state index is 0.110. The van der Waals surface area contributed by atoms with Gasteiger partial charge in [0.15, 0.2) is 5.78 Å². The monoisotopic (exact) mass is 276 g/mol. The fourth-order valence-electron chi connectivity index (χ4n) is 1.84. The molecule has 1 aromatic carbocycles. The number of Topliss-reactive ketones (excluding diaryl/α,β-unsaturated/α-hetero) is 2. The van der Waals surface area contributed by atoms with Gasteiger partial charge in [0.05, 0.1) is 0 Å². The number of ketones is 2. The van der Waals surface area contributed by atoms with Crippen LogP contribution in [0.2, 0.25) is 0 Å². The molecule has 0 heterocycles. The van der Waals surface area contributed by atoms with Crippen LogP contribution in [0.1, 0.15) is 49.9 Å². The summed E-state index contributed by atoms with van der Waals surface area (Å²) in [6.07, 6.45) is 2.59. The summed E-state index contributed by atoms with van der Waals surface area (Å²) in [5.74, 6) is 0.551. The first kappa shape index (κ1) is 16.6. The molecule has 0 saturated heterocycles. The molecule has 0 radical (unpaired) electrons. The molecule has 0 saturated carbocycles. The van der Waals surface area contributed by atoms with Crippen molar-refractivity contribution in [1.29, 1.82) is 0 Å². The summed E-state index contributed by atoms with van der Waals surface area (Å²) in [4.78, 5) is 23.2. The van der Waals surface area contributed by atoms with Crippen LogP contribution in [0, 0.1) is 5.92 Å². The largest absolute Gasteiger partial charge is 0.381 e. The van der Waals surface area contributed by atoms with E-state index in [4.69, 9.17) is 4.74 Å². The summed E-state index contributed by atoms with van der Waals surface area (Å²) in [7, 11) is 0. The van der Waals surface area contributed by atoms with Gasteiger partial charge in [-0.1, -0.05) is 44.2 Å². The van der Waals surface area contributed by atoms with Crippen molar-refractivity contribution in [2.45, 2.75) is 39.5 Å². The van der Waals surface area contributed by atoms with E-state index >= 15 is 0 Å². The lowest BCUT2D eigenvalue weighted by molar-refractivity contribution is -0.122. The lowest BCUT2D eigenvalue weighted by atomic mass is 10.1. The van der Waals surface area contributed by atoms with Crippen LogP contribution in [0.15, 0.2) is 30.3 Å². The van der Waals surface area contributed by atoms with Gasteiger partial charge >= 0.3 is 0 Å². The highest BCUT2D eigenvalue weighted by Gasteiger charge is 2.06. The standard InChI is InChI=1S/C17H24O3/c1-14(2)16(18)10-6-12-20-13-7-11-17(19)15-8-4-3-5-9-15/h3-5,8-9,14H,6-7,10-13H2,1-2H3. The van der Waals surface area contributed by atoms with Crippen molar-refractivity contribution in [3.05, 3.63) is 35.9 Å². The molecule has 0 unspecified atom stereocenters. The zero-order chi connectivity index (χ0) is 14.8. The summed E-state index contributed by atoms with van der Waals surface area (Å²) in [5, 5.41) is 0. The van der Waals surface area contributed by atoms with Gasteiger partial charge in [0.2, 0.25) is 0 Å². The number of hydrogen-bond acceptors (Lipinski definition) is 3. The molecular formula is C17H24O3. The molecule has 3 heteroatoms. The summed E-state index contributed by atoms with van der Waals surface area (Å²) in [5.41, 5.74) is 0.759. The number of carbonyl (C=O) groups is 2. The molecule has 0 spiro atoms. The van der Waals surface area contributed by atoms with Crippen molar-refractivity contribution in [2.24, 2.45) is 5.92 Å². The SMILES string of the molecule is CC(C)C(=O)CCCOCCCC(=O)c1ccccc1. The second-order valence-electron chi connectivity index (χ2n) is 5.23. The highest BCUT2D eigenvalue weighted by atomic mass is 16.5. The highest BCUT2D eigenvalue weighted by Crippen LogP contribution is 2.06. The Morgan fingerprint density at radius 2 is 1.60 bits per heavy atom. The Hall–Kier alpha value is -1.48. The van der Waals surface area contributed by atoms with Crippen LogP contribution in [0.3, 0.4) is 0 Å². The molecule has 0 aromatic heterocycles. The summed E-state index contributed by atoms with van der Waals surface area (Å²) >= 11 is 0. The van der Waals surface area contributed by atoms with Crippen LogP contribution in [0.4, 0.5) is 0 Å². The topological polar surface area (TPSA) is 43.4 Å².